The van der Waals surface area contributed by atoms with E-state index in [0.29, 0.717) is 22.3 Å². The molecule has 1 atom stereocenters. The van der Waals surface area contributed by atoms with E-state index in [1.807, 2.05) is 12.1 Å². The molecule has 0 saturated heterocycles. The van der Waals surface area contributed by atoms with E-state index in [4.69, 9.17) is 20.4 Å². The number of fused-ring (bicyclic) bond motifs is 1. The molecule has 1 aromatic rings. The van der Waals surface area contributed by atoms with Gasteiger partial charge in [0.05, 0.1) is 17.1 Å². The maximum atomic E-state index is 9.68. The monoisotopic (exact) mass is 310 g/mol. The van der Waals surface area contributed by atoms with Crippen molar-refractivity contribution in [1.29, 1.82) is 5.26 Å². The van der Waals surface area contributed by atoms with Crippen LogP contribution in [0.2, 0.25) is 0 Å². The predicted molar refractivity (Wildman–Crippen MR) is 70.2 cm³/mol. The third-order valence-electron chi connectivity index (χ3n) is 2.66. The Morgan fingerprint density at radius 1 is 1.72 bits per heavy atom. The van der Waals surface area contributed by atoms with Crippen molar-refractivity contribution in [3.63, 3.8) is 0 Å². The normalized spacial score (nSPS) is 16.9. The first-order valence-electron chi connectivity index (χ1n) is 5.38. The van der Waals surface area contributed by atoms with Gasteiger partial charge in [-0.15, -0.1) is 0 Å². The maximum absolute atomic E-state index is 9.68. The van der Waals surface area contributed by atoms with Crippen LogP contribution in [-0.2, 0) is 11.3 Å². The van der Waals surface area contributed by atoms with E-state index in [0.717, 1.165) is 5.56 Å². The summed E-state index contributed by atoms with van der Waals surface area (Å²) in [6.45, 7) is 2.03. The van der Waals surface area contributed by atoms with E-state index in [-0.39, 0.29) is 6.61 Å². The van der Waals surface area contributed by atoms with Crippen LogP contribution in [0.3, 0.4) is 0 Å². The number of nitrogens with two attached hydrogens (primary N) is 1. The summed E-state index contributed by atoms with van der Waals surface area (Å²) >= 11 is 3.37. The van der Waals surface area contributed by atoms with Crippen molar-refractivity contribution in [2.75, 3.05) is 6.61 Å². The Morgan fingerprint density at radius 2 is 2.44 bits per heavy atom. The molecule has 0 unspecified atom stereocenters. The van der Waals surface area contributed by atoms with Gasteiger partial charge in [-0.25, -0.2) is 0 Å². The van der Waals surface area contributed by atoms with Crippen LogP contribution >= 0.6 is 15.9 Å². The van der Waals surface area contributed by atoms with Gasteiger partial charge in [-0.1, -0.05) is 6.07 Å². The summed E-state index contributed by atoms with van der Waals surface area (Å²) in [6.07, 6.45) is 0. The Morgan fingerprint density at radius 3 is 3.11 bits per heavy atom. The van der Waals surface area contributed by atoms with Gasteiger partial charge in [0.15, 0.2) is 0 Å². The fourth-order valence-corrected chi connectivity index (χ4v) is 2.33. The minimum atomic E-state index is -1.05. The van der Waals surface area contributed by atoms with E-state index in [1.165, 1.54) is 0 Å². The summed E-state index contributed by atoms with van der Waals surface area (Å²) in [7, 11) is -0.946. The third kappa shape index (κ3) is 2.52. The van der Waals surface area contributed by atoms with E-state index < -0.39 is 12.7 Å². The van der Waals surface area contributed by atoms with Crippen LogP contribution in [0.15, 0.2) is 16.6 Å². The number of hydrogen-bond acceptors (Lipinski definition) is 5. The van der Waals surface area contributed by atoms with Crippen molar-refractivity contribution in [2.45, 2.75) is 19.1 Å². The molecule has 2 rings (SSSR count). The van der Waals surface area contributed by atoms with Crippen LogP contribution in [0.1, 0.15) is 12.5 Å². The van der Waals surface area contributed by atoms with Crippen molar-refractivity contribution < 1.29 is 14.4 Å². The van der Waals surface area contributed by atoms with Crippen molar-refractivity contribution in [1.82, 2.24) is 0 Å². The zero-order chi connectivity index (χ0) is 13.3. The highest BCUT2D eigenvalue weighted by molar-refractivity contribution is 9.10. The smallest absolute Gasteiger partial charge is 0.489 e. The second kappa shape index (κ2) is 4.90. The number of ether oxygens (including phenoxy) is 1. The predicted octanol–water partition coefficient (Wildman–Crippen LogP) is 0.287. The van der Waals surface area contributed by atoms with Crippen LogP contribution in [0.25, 0.3) is 0 Å². The standard InChI is InChI=1S/C11H12BBrN2O3/c1-11(15,5-14)6-17-8-3-2-7-4-18-12(16)9(7)10(8)13/h2-3,16H,4,6,15H2,1H3/t11-/m1/s1. The van der Waals surface area contributed by atoms with E-state index in [1.54, 1.807) is 13.0 Å². The molecule has 0 amide bonds. The second-order valence-electron chi connectivity index (χ2n) is 4.43. The number of nitriles is 1. The molecule has 7 heteroatoms. The summed E-state index contributed by atoms with van der Waals surface area (Å²) in [5.41, 5.74) is 6.21. The zero-order valence-electron chi connectivity index (χ0n) is 9.81. The van der Waals surface area contributed by atoms with Crippen LogP contribution in [0.4, 0.5) is 0 Å². The largest absolute Gasteiger partial charge is 0.493 e. The summed E-state index contributed by atoms with van der Waals surface area (Å²) < 4.78 is 11.3. The van der Waals surface area contributed by atoms with E-state index >= 15 is 0 Å². The van der Waals surface area contributed by atoms with Gasteiger partial charge in [-0.05, 0) is 34.5 Å². The molecule has 94 valence electrons. The second-order valence-corrected chi connectivity index (χ2v) is 5.22. The number of hydrogen-bond donors (Lipinski definition) is 2. The van der Waals surface area contributed by atoms with E-state index in [2.05, 4.69) is 15.9 Å². The van der Waals surface area contributed by atoms with Crippen LogP contribution in [-0.4, -0.2) is 24.3 Å². The van der Waals surface area contributed by atoms with Gasteiger partial charge in [-0.2, -0.15) is 5.26 Å². The Labute approximate surface area is 114 Å². The van der Waals surface area contributed by atoms with Crippen molar-refractivity contribution in [3.8, 4) is 11.8 Å². The molecule has 0 saturated carbocycles. The lowest BCUT2D eigenvalue weighted by atomic mass is 9.79. The van der Waals surface area contributed by atoms with Gasteiger partial charge in [0.2, 0.25) is 0 Å². The molecule has 3 N–H and O–H groups in total. The number of benzene rings is 1. The molecular formula is C11H12BBrN2O3. The fourth-order valence-electron chi connectivity index (χ4n) is 1.63. The van der Waals surface area contributed by atoms with Crippen LogP contribution in [0.5, 0.6) is 5.75 Å². The number of rotatable bonds is 3. The fraction of sp³-hybridized carbons (Fsp3) is 0.364. The van der Waals surface area contributed by atoms with Crippen molar-refractivity contribution in [3.05, 3.63) is 22.2 Å². The molecule has 1 aliphatic rings. The first-order chi connectivity index (χ1) is 8.44. The Bertz CT molecular complexity index is 516. The molecule has 1 aromatic carbocycles. The number of nitrogens with zero attached hydrogens (tertiary/aromatic N) is 1. The van der Waals surface area contributed by atoms with Crippen LogP contribution in [0, 0.1) is 11.3 Å². The summed E-state index contributed by atoms with van der Waals surface area (Å²) in [5.74, 6) is 0.533. The third-order valence-corrected chi connectivity index (χ3v) is 3.48. The highest BCUT2D eigenvalue weighted by Crippen LogP contribution is 2.28. The molecule has 0 aromatic heterocycles. The van der Waals surface area contributed by atoms with Gasteiger partial charge in [0, 0.05) is 5.46 Å². The van der Waals surface area contributed by atoms with Crippen LogP contribution < -0.4 is 15.9 Å². The average Bonchev–Trinajstić information content (AvgIpc) is 2.71. The molecule has 1 aliphatic heterocycles. The molecule has 18 heavy (non-hydrogen) atoms. The van der Waals surface area contributed by atoms with Gasteiger partial charge in [0.1, 0.15) is 17.9 Å². The van der Waals surface area contributed by atoms with Crippen molar-refractivity contribution >= 4 is 28.5 Å². The SMILES string of the molecule is C[C@@](N)(C#N)COc1ccc2c(c1Br)B(O)OC2. The zero-order valence-corrected chi connectivity index (χ0v) is 11.4. The first-order valence-corrected chi connectivity index (χ1v) is 6.18. The summed E-state index contributed by atoms with van der Waals surface area (Å²) in [4.78, 5) is 0. The topological polar surface area (TPSA) is 88.5 Å². The molecule has 0 radical (unpaired) electrons. The van der Waals surface area contributed by atoms with Gasteiger partial charge in [-0.3, -0.25) is 0 Å². The molecule has 5 nitrogen and oxygen atoms in total. The number of halogens is 1. The molecule has 0 aliphatic carbocycles. The quantitative estimate of drug-likeness (QED) is 0.783. The first kappa shape index (κ1) is 13.4. The maximum Gasteiger partial charge on any atom is 0.493 e. The summed E-state index contributed by atoms with van der Waals surface area (Å²) in [6, 6.07) is 5.54. The Balaban J connectivity index is 2.22. The minimum absolute atomic E-state index is 0.0673. The molecular weight excluding hydrogens is 299 g/mol. The molecule has 0 bridgehead atoms. The molecule has 1 heterocycles. The van der Waals surface area contributed by atoms with E-state index in [9.17, 15) is 5.02 Å². The Kier molecular flexibility index (Phi) is 3.64. The average molecular weight is 311 g/mol. The van der Waals surface area contributed by atoms with Gasteiger partial charge in [0.25, 0.3) is 0 Å². The highest BCUT2D eigenvalue weighted by Gasteiger charge is 2.31. The molecule has 0 spiro atoms. The lowest BCUT2D eigenvalue weighted by Crippen LogP contribution is -2.41. The Hall–Kier alpha value is -1.07. The summed E-state index contributed by atoms with van der Waals surface area (Å²) in [5, 5.41) is 18.5. The highest BCUT2D eigenvalue weighted by atomic mass is 79.9. The van der Waals surface area contributed by atoms with Crippen molar-refractivity contribution in [2.24, 2.45) is 5.73 Å². The minimum Gasteiger partial charge on any atom is -0.489 e. The lowest BCUT2D eigenvalue weighted by Gasteiger charge is -2.18. The lowest BCUT2D eigenvalue weighted by molar-refractivity contribution is 0.263. The van der Waals surface area contributed by atoms with Gasteiger partial charge >= 0.3 is 7.12 Å². The van der Waals surface area contributed by atoms with Gasteiger partial charge < -0.3 is 20.1 Å². The molecule has 0 fully saturated rings.